The first-order chi connectivity index (χ1) is 12.9. The van der Waals surface area contributed by atoms with Crippen LogP contribution in [-0.2, 0) is 4.79 Å². The summed E-state index contributed by atoms with van der Waals surface area (Å²) in [5, 5.41) is 24.9. The number of amides is 3. The van der Waals surface area contributed by atoms with E-state index in [0.29, 0.717) is 15.6 Å². The van der Waals surface area contributed by atoms with Gasteiger partial charge in [0, 0.05) is 31.6 Å². The second-order valence-electron chi connectivity index (χ2n) is 6.24. The minimum atomic E-state index is -1.77. The standard InChI is InChI=1S/C18H19N3O5S/c22-15(21-10-8-18(26,9-11-21)16(23)24)13-6-7-14(27-13)20-17(25)19-12-4-2-1-3-5-12/h1-7,26H,8-11H2,(H,23,24)(H2,19,20,25). The third kappa shape index (κ3) is 4.44. The van der Waals surface area contributed by atoms with E-state index in [1.54, 1.807) is 24.3 Å². The summed E-state index contributed by atoms with van der Waals surface area (Å²) in [6.45, 7) is 0.327. The summed E-state index contributed by atoms with van der Waals surface area (Å²) < 4.78 is 0. The van der Waals surface area contributed by atoms with Crippen molar-refractivity contribution in [3.8, 4) is 0 Å². The molecule has 0 spiro atoms. The molecule has 2 aromatic rings. The van der Waals surface area contributed by atoms with Gasteiger partial charge in [-0.3, -0.25) is 10.1 Å². The molecule has 1 aliphatic rings. The van der Waals surface area contributed by atoms with E-state index in [4.69, 9.17) is 5.11 Å². The first-order valence-corrected chi connectivity index (χ1v) is 9.17. The van der Waals surface area contributed by atoms with Crippen LogP contribution in [0.5, 0.6) is 0 Å². The van der Waals surface area contributed by atoms with Gasteiger partial charge in [-0.15, -0.1) is 11.3 Å². The van der Waals surface area contributed by atoms with Crippen molar-refractivity contribution in [3.05, 3.63) is 47.3 Å². The molecule has 1 aliphatic heterocycles. The summed E-state index contributed by atoms with van der Waals surface area (Å²) in [7, 11) is 0. The number of carbonyl (C=O) groups is 3. The van der Waals surface area contributed by atoms with E-state index in [0.717, 1.165) is 11.3 Å². The van der Waals surface area contributed by atoms with E-state index in [1.807, 2.05) is 18.2 Å². The minimum absolute atomic E-state index is 0.00988. The van der Waals surface area contributed by atoms with Crippen LogP contribution in [0.2, 0.25) is 0 Å². The molecule has 0 aliphatic carbocycles. The zero-order chi connectivity index (χ0) is 19.4. The van der Waals surface area contributed by atoms with Crippen LogP contribution in [0.25, 0.3) is 0 Å². The van der Waals surface area contributed by atoms with Crippen LogP contribution in [0.1, 0.15) is 22.5 Å². The number of rotatable bonds is 4. The molecule has 2 heterocycles. The fourth-order valence-electron chi connectivity index (χ4n) is 2.77. The Hall–Kier alpha value is -2.91. The van der Waals surface area contributed by atoms with Gasteiger partial charge in [-0.2, -0.15) is 0 Å². The Balaban J connectivity index is 1.56. The number of carboxylic acids is 1. The van der Waals surface area contributed by atoms with Crippen molar-refractivity contribution in [3.63, 3.8) is 0 Å². The number of benzene rings is 1. The van der Waals surface area contributed by atoms with Crippen molar-refractivity contribution in [1.82, 2.24) is 4.90 Å². The zero-order valence-corrected chi connectivity index (χ0v) is 15.2. The molecule has 1 aromatic carbocycles. The highest BCUT2D eigenvalue weighted by atomic mass is 32.1. The highest BCUT2D eigenvalue weighted by molar-refractivity contribution is 7.18. The highest BCUT2D eigenvalue weighted by Gasteiger charge is 2.40. The van der Waals surface area contributed by atoms with E-state index in [1.165, 1.54) is 4.90 Å². The van der Waals surface area contributed by atoms with Crippen LogP contribution in [-0.4, -0.2) is 51.7 Å². The molecule has 9 heteroatoms. The Bertz CT molecular complexity index is 844. The fourth-order valence-corrected chi connectivity index (χ4v) is 3.63. The van der Waals surface area contributed by atoms with Crippen LogP contribution in [0.15, 0.2) is 42.5 Å². The Morgan fingerprint density at radius 1 is 1.00 bits per heavy atom. The predicted octanol–water partition coefficient (Wildman–Crippen LogP) is 2.44. The average molecular weight is 389 g/mol. The molecule has 1 saturated heterocycles. The average Bonchev–Trinajstić information content (AvgIpc) is 3.10. The van der Waals surface area contributed by atoms with Gasteiger partial charge in [0.15, 0.2) is 5.60 Å². The van der Waals surface area contributed by atoms with E-state index >= 15 is 0 Å². The normalized spacial score (nSPS) is 15.8. The van der Waals surface area contributed by atoms with Crippen molar-refractivity contribution >= 4 is 39.9 Å². The number of aliphatic carboxylic acids is 1. The van der Waals surface area contributed by atoms with E-state index in [9.17, 15) is 19.5 Å². The number of hydrogen-bond donors (Lipinski definition) is 4. The Morgan fingerprint density at radius 3 is 2.30 bits per heavy atom. The Kier molecular flexibility index (Phi) is 5.43. The van der Waals surface area contributed by atoms with Gasteiger partial charge in [0.1, 0.15) is 0 Å². The zero-order valence-electron chi connectivity index (χ0n) is 14.3. The molecule has 1 aromatic heterocycles. The number of aliphatic hydroxyl groups is 1. The lowest BCUT2D eigenvalue weighted by Gasteiger charge is -2.35. The van der Waals surface area contributed by atoms with Crippen LogP contribution in [0, 0.1) is 0 Å². The minimum Gasteiger partial charge on any atom is -0.479 e. The van der Waals surface area contributed by atoms with Gasteiger partial charge >= 0.3 is 12.0 Å². The smallest absolute Gasteiger partial charge is 0.335 e. The maximum atomic E-state index is 12.5. The lowest BCUT2D eigenvalue weighted by molar-refractivity contribution is -0.162. The molecule has 0 unspecified atom stereocenters. The molecule has 142 valence electrons. The number of carbonyl (C=O) groups excluding carboxylic acids is 2. The number of anilines is 2. The molecule has 27 heavy (non-hydrogen) atoms. The maximum absolute atomic E-state index is 12.5. The number of piperidine rings is 1. The molecule has 0 bridgehead atoms. The monoisotopic (exact) mass is 389 g/mol. The Labute approximate surface area is 159 Å². The molecule has 4 N–H and O–H groups in total. The fraction of sp³-hybridized carbons (Fsp3) is 0.278. The van der Waals surface area contributed by atoms with Crippen LogP contribution in [0.3, 0.4) is 0 Å². The molecule has 0 atom stereocenters. The molecule has 8 nitrogen and oxygen atoms in total. The highest BCUT2D eigenvalue weighted by Crippen LogP contribution is 2.27. The maximum Gasteiger partial charge on any atom is 0.335 e. The number of thiophene rings is 1. The number of likely N-dealkylation sites (tertiary alicyclic amines) is 1. The molecular formula is C18H19N3O5S. The third-order valence-corrected chi connectivity index (χ3v) is 5.35. The first-order valence-electron chi connectivity index (χ1n) is 8.35. The topological polar surface area (TPSA) is 119 Å². The van der Waals surface area contributed by atoms with Gasteiger partial charge in [-0.25, -0.2) is 9.59 Å². The molecule has 3 rings (SSSR count). The number of carboxylic acid groups (broad SMARTS) is 1. The van der Waals surface area contributed by atoms with Gasteiger partial charge in [0.2, 0.25) is 0 Å². The van der Waals surface area contributed by atoms with E-state index < -0.39 is 17.6 Å². The SMILES string of the molecule is O=C(Nc1ccccc1)Nc1ccc(C(=O)N2CCC(O)(C(=O)O)CC2)s1. The molecule has 1 fully saturated rings. The third-order valence-electron chi connectivity index (χ3n) is 4.36. The number of para-hydroxylation sites is 1. The number of hydrogen-bond acceptors (Lipinski definition) is 5. The van der Waals surface area contributed by atoms with E-state index in [2.05, 4.69) is 10.6 Å². The first kappa shape index (κ1) is 18.9. The van der Waals surface area contributed by atoms with Crippen molar-refractivity contribution in [2.75, 3.05) is 23.7 Å². The summed E-state index contributed by atoms with van der Waals surface area (Å²) >= 11 is 1.14. The van der Waals surface area contributed by atoms with Crippen molar-refractivity contribution in [2.24, 2.45) is 0 Å². The summed E-state index contributed by atoms with van der Waals surface area (Å²) in [5.74, 6) is -1.51. The lowest BCUT2D eigenvalue weighted by atomic mass is 9.91. The largest absolute Gasteiger partial charge is 0.479 e. The second kappa shape index (κ2) is 7.77. The van der Waals surface area contributed by atoms with Crippen LogP contribution in [0.4, 0.5) is 15.5 Å². The lowest BCUT2D eigenvalue weighted by Crippen LogP contribution is -2.50. The van der Waals surface area contributed by atoms with Crippen molar-refractivity contribution in [2.45, 2.75) is 18.4 Å². The predicted molar refractivity (Wildman–Crippen MR) is 101 cm³/mol. The van der Waals surface area contributed by atoms with Crippen molar-refractivity contribution < 1.29 is 24.6 Å². The Morgan fingerprint density at radius 2 is 1.67 bits per heavy atom. The molecule has 0 saturated carbocycles. The summed E-state index contributed by atoms with van der Waals surface area (Å²) in [6, 6.07) is 11.8. The number of nitrogens with one attached hydrogen (secondary N) is 2. The number of urea groups is 1. The summed E-state index contributed by atoms with van der Waals surface area (Å²) in [4.78, 5) is 37.6. The van der Waals surface area contributed by atoms with Crippen LogP contribution >= 0.6 is 11.3 Å². The van der Waals surface area contributed by atoms with Crippen LogP contribution < -0.4 is 10.6 Å². The van der Waals surface area contributed by atoms with Crippen molar-refractivity contribution in [1.29, 1.82) is 0 Å². The number of nitrogens with zero attached hydrogens (tertiary/aromatic N) is 1. The summed E-state index contributed by atoms with van der Waals surface area (Å²) in [5.41, 5.74) is -1.11. The van der Waals surface area contributed by atoms with Gasteiger partial charge in [0.25, 0.3) is 5.91 Å². The van der Waals surface area contributed by atoms with Gasteiger partial charge in [-0.1, -0.05) is 18.2 Å². The molecule has 0 radical (unpaired) electrons. The van der Waals surface area contributed by atoms with Gasteiger partial charge in [-0.05, 0) is 24.3 Å². The molecular weight excluding hydrogens is 370 g/mol. The quantitative estimate of drug-likeness (QED) is 0.640. The van der Waals surface area contributed by atoms with E-state index in [-0.39, 0.29) is 31.8 Å². The summed E-state index contributed by atoms with van der Waals surface area (Å²) in [6.07, 6.45) is -0.0198. The second-order valence-corrected chi connectivity index (χ2v) is 7.32. The van der Waals surface area contributed by atoms with Gasteiger partial charge in [0.05, 0.1) is 9.88 Å². The molecule has 3 amide bonds. The van der Waals surface area contributed by atoms with Gasteiger partial charge < -0.3 is 20.4 Å².